The van der Waals surface area contributed by atoms with Crippen LogP contribution >= 0.6 is 0 Å². The van der Waals surface area contributed by atoms with Gasteiger partial charge in [-0.15, -0.1) is 0 Å². The van der Waals surface area contributed by atoms with Crippen molar-refractivity contribution in [1.82, 2.24) is 4.57 Å². The lowest BCUT2D eigenvalue weighted by Crippen LogP contribution is -2.31. The van der Waals surface area contributed by atoms with E-state index in [1.54, 1.807) is 24.5 Å². The molecule has 1 aromatic heterocycles. The normalized spacial score (nSPS) is 13.2. The van der Waals surface area contributed by atoms with Crippen molar-refractivity contribution in [2.24, 2.45) is 11.7 Å². The van der Waals surface area contributed by atoms with Crippen molar-refractivity contribution in [3.8, 4) is 0 Å². The maximum absolute atomic E-state index is 10.8. The summed E-state index contributed by atoms with van der Waals surface area (Å²) >= 11 is 0. The SMILES string of the molecule is CC(C)C(N)Cn1ccc(=O)cc1. The van der Waals surface area contributed by atoms with Crippen molar-refractivity contribution < 1.29 is 0 Å². The van der Waals surface area contributed by atoms with Crippen LogP contribution in [0.3, 0.4) is 0 Å². The minimum Gasteiger partial charge on any atom is -0.352 e. The lowest BCUT2D eigenvalue weighted by atomic mass is 10.1. The van der Waals surface area contributed by atoms with E-state index in [2.05, 4.69) is 13.8 Å². The molecule has 2 N–H and O–H groups in total. The molecule has 0 aromatic carbocycles. The summed E-state index contributed by atoms with van der Waals surface area (Å²) in [6.07, 6.45) is 3.54. The highest BCUT2D eigenvalue weighted by Crippen LogP contribution is 2.00. The Morgan fingerprint density at radius 2 is 1.92 bits per heavy atom. The van der Waals surface area contributed by atoms with Crippen molar-refractivity contribution in [2.75, 3.05) is 0 Å². The minimum atomic E-state index is 0.0365. The van der Waals surface area contributed by atoms with Gasteiger partial charge in [-0.3, -0.25) is 4.79 Å². The third-order valence-corrected chi connectivity index (χ3v) is 2.14. The van der Waals surface area contributed by atoms with Gasteiger partial charge in [0, 0.05) is 37.1 Å². The van der Waals surface area contributed by atoms with E-state index in [1.807, 2.05) is 4.57 Å². The molecule has 1 unspecified atom stereocenters. The molecule has 0 amide bonds. The maximum atomic E-state index is 10.8. The molecule has 3 heteroatoms. The van der Waals surface area contributed by atoms with Gasteiger partial charge in [0.25, 0.3) is 0 Å². The number of hydrogen-bond acceptors (Lipinski definition) is 2. The Kier molecular flexibility index (Phi) is 3.25. The van der Waals surface area contributed by atoms with Gasteiger partial charge in [-0.1, -0.05) is 13.8 Å². The molecule has 0 spiro atoms. The number of aromatic nitrogens is 1. The third kappa shape index (κ3) is 3.03. The smallest absolute Gasteiger partial charge is 0.181 e. The van der Waals surface area contributed by atoms with Gasteiger partial charge in [-0.25, -0.2) is 0 Å². The van der Waals surface area contributed by atoms with E-state index in [0.717, 1.165) is 6.54 Å². The fraction of sp³-hybridized carbons (Fsp3) is 0.500. The van der Waals surface area contributed by atoms with Crippen molar-refractivity contribution in [3.05, 3.63) is 34.7 Å². The van der Waals surface area contributed by atoms with Gasteiger partial charge in [0.2, 0.25) is 0 Å². The molecule has 72 valence electrons. The number of nitrogens with two attached hydrogens (primary N) is 1. The van der Waals surface area contributed by atoms with Gasteiger partial charge in [-0.2, -0.15) is 0 Å². The first-order valence-electron chi connectivity index (χ1n) is 4.51. The Labute approximate surface area is 78.2 Å². The summed E-state index contributed by atoms with van der Waals surface area (Å²) in [6, 6.07) is 3.24. The van der Waals surface area contributed by atoms with Crippen LogP contribution in [0.5, 0.6) is 0 Å². The highest BCUT2D eigenvalue weighted by molar-refractivity contribution is 4.94. The fourth-order valence-electron chi connectivity index (χ4n) is 1.02. The van der Waals surface area contributed by atoms with Crippen LogP contribution < -0.4 is 11.2 Å². The summed E-state index contributed by atoms with van der Waals surface area (Å²) in [6.45, 7) is 4.94. The van der Waals surface area contributed by atoms with E-state index in [9.17, 15) is 4.79 Å². The second-order valence-electron chi connectivity index (χ2n) is 3.64. The molecule has 1 rings (SSSR count). The highest BCUT2D eigenvalue weighted by atomic mass is 16.1. The lowest BCUT2D eigenvalue weighted by Gasteiger charge is -2.16. The average molecular weight is 180 g/mol. The molecule has 0 bridgehead atoms. The fourth-order valence-corrected chi connectivity index (χ4v) is 1.02. The Morgan fingerprint density at radius 1 is 1.38 bits per heavy atom. The standard InChI is InChI=1S/C10H16N2O/c1-8(2)10(11)7-12-5-3-9(13)4-6-12/h3-6,8,10H,7,11H2,1-2H3. The average Bonchev–Trinajstić information content (AvgIpc) is 2.08. The van der Waals surface area contributed by atoms with Crippen LogP contribution in [0.15, 0.2) is 29.3 Å². The molecule has 0 fully saturated rings. The van der Waals surface area contributed by atoms with Crippen LogP contribution in [0.1, 0.15) is 13.8 Å². The zero-order valence-corrected chi connectivity index (χ0v) is 8.10. The summed E-state index contributed by atoms with van der Waals surface area (Å²) in [5.41, 5.74) is 5.92. The monoisotopic (exact) mass is 180 g/mol. The largest absolute Gasteiger partial charge is 0.352 e. The van der Waals surface area contributed by atoms with Gasteiger partial charge in [0.1, 0.15) is 0 Å². The van der Waals surface area contributed by atoms with Crippen LogP contribution in [0.2, 0.25) is 0 Å². The summed E-state index contributed by atoms with van der Waals surface area (Å²) in [7, 11) is 0. The predicted octanol–water partition coefficient (Wildman–Crippen LogP) is 0.832. The van der Waals surface area contributed by atoms with Crippen LogP contribution in [-0.2, 0) is 6.54 Å². The van der Waals surface area contributed by atoms with E-state index in [0.29, 0.717) is 5.92 Å². The van der Waals surface area contributed by atoms with Gasteiger partial charge in [0.05, 0.1) is 0 Å². The van der Waals surface area contributed by atoms with Crippen molar-refractivity contribution in [1.29, 1.82) is 0 Å². The van der Waals surface area contributed by atoms with Crippen molar-refractivity contribution >= 4 is 0 Å². The van der Waals surface area contributed by atoms with Gasteiger partial charge in [-0.05, 0) is 5.92 Å². The van der Waals surface area contributed by atoms with Gasteiger partial charge in [0.15, 0.2) is 5.43 Å². The number of hydrogen-bond donors (Lipinski definition) is 1. The molecule has 0 radical (unpaired) electrons. The van der Waals surface area contributed by atoms with E-state index in [1.165, 1.54) is 0 Å². The first-order chi connectivity index (χ1) is 6.09. The summed E-state index contributed by atoms with van der Waals surface area (Å²) in [5, 5.41) is 0. The van der Waals surface area contributed by atoms with E-state index < -0.39 is 0 Å². The molecular weight excluding hydrogens is 164 g/mol. The summed E-state index contributed by atoms with van der Waals surface area (Å²) in [4.78, 5) is 10.8. The van der Waals surface area contributed by atoms with E-state index >= 15 is 0 Å². The van der Waals surface area contributed by atoms with E-state index in [4.69, 9.17) is 5.73 Å². The molecule has 0 saturated heterocycles. The Hall–Kier alpha value is -1.09. The maximum Gasteiger partial charge on any atom is 0.181 e. The van der Waals surface area contributed by atoms with Crippen molar-refractivity contribution in [2.45, 2.75) is 26.4 Å². The van der Waals surface area contributed by atoms with E-state index in [-0.39, 0.29) is 11.5 Å². The molecule has 1 heterocycles. The summed E-state index contributed by atoms with van der Waals surface area (Å²) < 4.78 is 1.94. The highest BCUT2D eigenvalue weighted by Gasteiger charge is 2.06. The Morgan fingerprint density at radius 3 is 2.38 bits per heavy atom. The van der Waals surface area contributed by atoms with Crippen LogP contribution in [-0.4, -0.2) is 10.6 Å². The van der Waals surface area contributed by atoms with Crippen molar-refractivity contribution in [3.63, 3.8) is 0 Å². The molecule has 3 nitrogen and oxygen atoms in total. The first-order valence-corrected chi connectivity index (χ1v) is 4.51. The summed E-state index contributed by atoms with van der Waals surface area (Å²) in [5.74, 6) is 0.458. The first kappa shape index (κ1) is 9.99. The quantitative estimate of drug-likeness (QED) is 0.749. The topological polar surface area (TPSA) is 48.0 Å². The number of nitrogens with zero attached hydrogens (tertiary/aromatic N) is 1. The van der Waals surface area contributed by atoms with Gasteiger partial charge >= 0.3 is 0 Å². The number of pyridine rings is 1. The molecule has 1 aromatic rings. The second-order valence-corrected chi connectivity index (χ2v) is 3.64. The molecular formula is C10H16N2O. The van der Waals surface area contributed by atoms with Gasteiger partial charge < -0.3 is 10.3 Å². The third-order valence-electron chi connectivity index (χ3n) is 2.14. The molecule has 1 atom stereocenters. The predicted molar refractivity (Wildman–Crippen MR) is 53.5 cm³/mol. The zero-order valence-electron chi connectivity index (χ0n) is 8.10. The minimum absolute atomic E-state index is 0.0365. The van der Waals surface area contributed by atoms with Crippen LogP contribution in [0, 0.1) is 5.92 Å². The second kappa shape index (κ2) is 4.23. The molecule has 0 aliphatic heterocycles. The molecule has 0 aliphatic rings. The number of rotatable bonds is 3. The lowest BCUT2D eigenvalue weighted by molar-refractivity contribution is 0.432. The van der Waals surface area contributed by atoms with Crippen LogP contribution in [0.25, 0.3) is 0 Å². The molecule has 0 saturated carbocycles. The van der Waals surface area contributed by atoms with Crippen LogP contribution in [0.4, 0.5) is 0 Å². The molecule has 0 aliphatic carbocycles. The zero-order chi connectivity index (χ0) is 9.84. The Balaban J connectivity index is 2.64. The Bertz CT molecular complexity index is 296. The molecule has 13 heavy (non-hydrogen) atoms.